The summed E-state index contributed by atoms with van der Waals surface area (Å²) in [6.07, 6.45) is 12.4. The third-order valence-corrected chi connectivity index (χ3v) is 3.70. The number of rotatable bonds is 1. The molecule has 4 nitrogen and oxygen atoms in total. The van der Waals surface area contributed by atoms with Crippen LogP contribution in [0, 0.1) is 0 Å². The Labute approximate surface area is 141 Å². The van der Waals surface area contributed by atoms with E-state index in [2.05, 4.69) is 12.2 Å². The van der Waals surface area contributed by atoms with E-state index < -0.39 is 5.60 Å². The average molecular weight is 322 g/mol. The predicted octanol–water partition coefficient (Wildman–Crippen LogP) is 4.91. The second-order valence-electron chi connectivity index (χ2n) is 6.85. The molecule has 0 saturated heterocycles. The lowest BCUT2D eigenvalue weighted by atomic mass is 10.0. The van der Waals surface area contributed by atoms with Crippen LogP contribution in [0.2, 0.25) is 0 Å². The first-order chi connectivity index (χ1) is 11.3. The summed E-state index contributed by atoms with van der Waals surface area (Å²) in [4.78, 5) is 12.6. The Morgan fingerprint density at radius 1 is 1.25 bits per heavy atom. The van der Waals surface area contributed by atoms with Gasteiger partial charge in [0.1, 0.15) is 5.60 Å². The molecular weight excluding hydrogens is 300 g/mol. The summed E-state index contributed by atoms with van der Waals surface area (Å²) in [5.41, 5.74) is 8.98. The van der Waals surface area contributed by atoms with Gasteiger partial charge in [0.05, 0.1) is 5.52 Å². The fraction of sp³-hybridized carbons (Fsp3) is 0.250. The summed E-state index contributed by atoms with van der Waals surface area (Å²) in [5, 5.41) is 0.919. The third-order valence-electron chi connectivity index (χ3n) is 3.70. The highest BCUT2D eigenvalue weighted by Gasteiger charge is 2.21. The minimum atomic E-state index is -0.549. The van der Waals surface area contributed by atoms with E-state index in [0.717, 1.165) is 28.5 Å². The molecule has 1 aliphatic carbocycles. The van der Waals surface area contributed by atoms with Crippen molar-refractivity contribution < 1.29 is 9.53 Å². The second kappa shape index (κ2) is 6.04. The zero-order valence-corrected chi connectivity index (χ0v) is 14.2. The predicted molar refractivity (Wildman–Crippen MR) is 98.9 cm³/mol. The number of nitrogen functional groups attached to an aromatic ring is 1. The maximum absolute atomic E-state index is 12.6. The molecule has 1 aromatic carbocycles. The van der Waals surface area contributed by atoms with Gasteiger partial charge in [0, 0.05) is 22.8 Å². The summed E-state index contributed by atoms with van der Waals surface area (Å²) < 4.78 is 7.09. The van der Waals surface area contributed by atoms with Crippen LogP contribution in [0.1, 0.15) is 32.8 Å². The number of benzene rings is 1. The number of carbonyl (C=O) groups is 1. The van der Waals surface area contributed by atoms with Crippen LogP contribution in [-0.4, -0.2) is 16.3 Å². The van der Waals surface area contributed by atoms with Crippen molar-refractivity contribution >= 4 is 28.3 Å². The number of aromatic nitrogens is 1. The number of ether oxygens (including phenoxy) is 1. The van der Waals surface area contributed by atoms with Gasteiger partial charge in [0.15, 0.2) is 0 Å². The van der Waals surface area contributed by atoms with Crippen molar-refractivity contribution in [3.63, 3.8) is 0 Å². The van der Waals surface area contributed by atoms with Gasteiger partial charge >= 0.3 is 6.09 Å². The first-order valence-corrected chi connectivity index (χ1v) is 8.03. The van der Waals surface area contributed by atoms with E-state index in [1.54, 1.807) is 10.8 Å². The molecule has 0 atom stereocenters. The molecule has 0 bridgehead atoms. The highest BCUT2D eigenvalue weighted by atomic mass is 16.6. The Morgan fingerprint density at radius 3 is 2.79 bits per heavy atom. The molecule has 1 heterocycles. The molecule has 0 aliphatic heterocycles. The van der Waals surface area contributed by atoms with Gasteiger partial charge in [-0.15, -0.1) is 0 Å². The second-order valence-corrected chi connectivity index (χ2v) is 6.85. The van der Waals surface area contributed by atoms with Gasteiger partial charge in [-0.2, -0.15) is 0 Å². The molecular formula is C20H22N2O2. The summed E-state index contributed by atoms with van der Waals surface area (Å²) in [7, 11) is 0. The number of hydrogen-bond donors (Lipinski definition) is 1. The van der Waals surface area contributed by atoms with Crippen LogP contribution in [0.3, 0.4) is 0 Å². The Bertz CT molecular complexity index is 877. The Morgan fingerprint density at radius 2 is 2.04 bits per heavy atom. The Kier molecular flexibility index (Phi) is 4.06. The Balaban J connectivity index is 2.16. The molecule has 2 aromatic rings. The lowest BCUT2D eigenvalue weighted by molar-refractivity contribution is 0.0544. The highest BCUT2D eigenvalue weighted by Crippen LogP contribution is 2.31. The highest BCUT2D eigenvalue weighted by molar-refractivity contribution is 6.00. The van der Waals surface area contributed by atoms with Crippen molar-refractivity contribution in [1.82, 2.24) is 4.57 Å². The molecule has 0 spiro atoms. The van der Waals surface area contributed by atoms with E-state index >= 15 is 0 Å². The van der Waals surface area contributed by atoms with Gasteiger partial charge in [-0.25, -0.2) is 4.79 Å². The lowest BCUT2D eigenvalue weighted by Gasteiger charge is -2.20. The molecule has 4 heteroatoms. The van der Waals surface area contributed by atoms with Gasteiger partial charge < -0.3 is 10.5 Å². The van der Waals surface area contributed by atoms with Crippen molar-refractivity contribution in [3.8, 4) is 0 Å². The van der Waals surface area contributed by atoms with E-state index in [-0.39, 0.29) is 6.09 Å². The minimum absolute atomic E-state index is 0.389. The first kappa shape index (κ1) is 16.1. The largest absolute Gasteiger partial charge is 0.443 e. The van der Waals surface area contributed by atoms with Crippen LogP contribution >= 0.6 is 0 Å². The van der Waals surface area contributed by atoms with Crippen molar-refractivity contribution in [2.75, 3.05) is 5.73 Å². The van der Waals surface area contributed by atoms with Crippen LogP contribution in [0.5, 0.6) is 0 Å². The van der Waals surface area contributed by atoms with Crippen LogP contribution in [0.15, 0.2) is 54.8 Å². The topological polar surface area (TPSA) is 57.2 Å². The maximum Gasteiger partial charge on any atom is 0.419 e. The molecule has 0 unspecified atom stereocenters. The van der Waals surface area contributed by atoms with Gasteiger partial charge in [0.2, 0.25) is 0 Å². The van der Waals surface area contributed by atoms with E-state index in [0.29, 0.717) is 5.69 Å². The first-order valence-electron chi connectivity index (χ1n) is 8.03. The normalized spacial score (nSPS) is 14.5. The van der Waals surface area contributed by atoms with Crippen molar-refractivity contribution in [1.29, 1.82) is 0 Å². The molecule has 24 heavy (non-hydrogen) atoms. The molecule has 3 rings (SSSR count). The molecule has 0 amide bonds. The molecule has 0 saturated carbocycles. The molecule has 124 valence electrons. The van der Waals surface area contributed by atoms with E-state index in [9.17, 15) is 4.79 Å². The van der Waals surface area contributed by atoms with E-state index in [4.69, 9.17) is 10.5 Å². The van der Waals surface area contributed by atoms with Gasteiger partial charge in [-0.05, 0) is 51.0 Å². The minimum Gasteiger partial charge on any atom is -0.443 e. The lowest BCUT2D eigenvalue weighted by Crippen LogP contribution is -2.26. The van der Waals surface area contributed by atoms with Crippen molar-refractivity contribution in [2.24, 2.45) is 0 Å². The van der Waals surface area contributed by atoms with Crippen LogP contribution in [0.4, 0.5) is 10.5 Å². The summed E-state index contributed by atoms with van der Waals surface area (Å²) in [5.74, 6) is 0. The SMILES string of the molecule is CC(C)(C)OC(=O)n1ccc2cc(N)cc(C3=CCC=CC=C3)c21. The standard InChI is InChI=1S/C20H22N2O2/c1-20(2,3)24-19(23)22-11-10-15-12-16(21)13-17(18(15)22)14-8-6-4-5-7-9-14/h4-6,8-13H,7,21H2,1-3H3. The van der Waals surface area contributed by atoms with Gasteiger partial charge in [-0.3, -0.25) is 4.57 Å². The molecule has 2 N–H and O–H groups in total. The van der Waals surface area contributed by atoms with Crippen molar-refractivity contribution in [2.45, 2.75) is 32.8 Å². The van der Waals surface area contributed by atoms with Gasteiger partial charge in [-0.1, -0.05) is 30.4 Å². The number of anilines is 1. The zero-order chi connectivity index (χ0) is 17.3. The number of carbonyl (C=O) groups excluding carboxylic acids is 1. The zero-order valence-electron chi connectivity index (χ0n) is 14.2. The number of nitrogens with two attached hydrogens (primary N) is 1. The summed E-state index contributed by atoms with van der Waals surface area (Å²) in [6.45, 7) is 5.58. The van der Waals surface area contributed by atoms with Crippen LogP contribution < -0.4 is 5.73 Å². The monoisotopic (exact) mass is 322 g/mol. The number of fused-ring (bicyclic) bond motifs is 1. The number of nitrogens with zero attached hydrogens (tertiary/aromatic N) is 1. The molecule has 0 radical (unpaired) electrons. The van der Waals surface area contributed by atoms with Gasteiger partial charge in [0.25, 0.3) is 0 Å². The molecule has 1 aromatic heterocycles. The quantitative estimate of drug-likeness (QED) is 0.759. The van der Waals surface area contributed by atoms with E-state index in [1.165, 1.54) is 0 Å². The van der Waals surface area contributed by atoms with Crippen LogP contribution in [0.25, 0.3) is 16.5 Å². The Hall–Kier alpha value is -2.75. The maximum atomic E-state index is 12.6. The fourth-order valence-electron chi connectivity index (χ4n) is 2.77. The number of allylic oxidation sites excluding steroid dienone is 6. The van der Waals surface area contributed by atoms with Crippen LogP contribution in [-0.2, 0) is 4.74 Å². The average Bonchev–Trinajstić information content (AvgIpc) is 2.72. The summed E-state index contributed by atoms with van der Waals surface area (Å²) >= 11 is 0. The third kappa shape index (κ3) is 3.27. The summed E-state index contributed by atoms with van der Waals surface area (Å²) in [6, 6.07) is 5.67. The molecule has 0 fully saturated rings. The molecule has 1 aliphatic rings. The number of hydrogen-bond acceptors (Lipinski definition) is 3. The fourth-order valence-corrected chi connectivity index (χ4v) is 2.77. The smallest absolute Gasteiger partial charge is 0.419 e. The van der Waals surface area contributed by atoms with Crippen molar-refractivity contribution in [3.05, 3.63) is 60.3 Å². The van der Waals surface area contributed by atoms with E-state index in [1.807, 2.05) is 57.2 Å².